The average molecular weight is 547 g/mol. The summed E-state index contributed by atoms with van der Waals surface area (Å²) in [5, 5.41) is 0. The molecule has 0 amide bonds. The van der Waals surface area contributed by atoms with E-state index in [0.29, 0.717) is 23.3 Å². The molecule has 198 valence electrons. The van der Waals surface area contributed by atoms with Gasteiger partial charge in [-0.05, 0) is 31.0 Å². The van der Waals surface area contributed by atoms with Gasteiger partial charge in [0.15, 0.2) is 0 Å². The molecule has 0 aliphatic rings. The summed E-state index contributed by atoms with van der Waals surface area (Å²) < 4.78 is 65.8. The molecule has 1 aromatic carbocycles. The predicted octanol–water partition coefficient (Wildman–Crippen LogP) is 5.78. The van der Waals surface area contributed by atoms with E-state index in [-0.39, 0.29) is 11.4 Å². The third kappa shape index (κ3) is 11.0. The Bertz CT molecular complexity index is 1170. The van der Waals surface area contributed by atoms with E-state index in [4.69, 9.17) is 12.2 Å². The molecular formula is C24H38N2O6S3. The fourth-order valence-corrected chi connectivity index (χ4v) is 5.34. The van der Waals surface area contributed by atoms with Crippen LogP contribution in [0.4, 0.5) is 0 Å². The van der Waals surface area contributed by atoms with E-state index >= 15 is 0 Å². The summed E-state index contributed by atoms with van der Waals surface area (Å²) in [7, 11) is -8.67. The first kappa shape index (κ1) is 29.8. The molecule has 0 aliphatic heterocycles. The van der Waals surface area contributed by atoms with Gasteiger partial charge in [0, 0.05) is 17.8 Å². The number of aromatic nitrogens is 2. The van der Waals surface area contributed by atoms with Crippen LogP contribution in [0.3, 0.4) is 0 Å². The number of unbranched alkanes of at least 4 members (excludes halogenated alkanes) is 10. The second kappa shape index (κ2) is 14.4. The van der Waals surface area contributed by atoms with E-state index in [1.165, 1.54) is 76.0 Å². The molecular weight excluding hydrogens is 508 g/mol. The molecule has 8 nitrogen and oxygen atoms in total. The predicted molar refractivity (Wildman–Crippen MR) is 143 cm³/mol. The lowest BCUT2D eigenvalue weighted by Crippen LogP contribution is -2.15. The number of rotatable bonds is 18. The second-order valence-corrected chi connectivity index (χ2v) is 12.7. The minimum Gasteiger partial charge on any atom is -0.327 e. The Kier molecular flexibility index (Phi) is 12.2. The van der Waals surface area contributed by atoms with Crippen molar-refractivity contribution in [3.8, 4) is 0 Å². The fourth-order valence-electron chi connectivity index (χ4n) is 4.16. The number of fused-ring (bicyclic) bond motifs is 1. The van der Waals surface area contributed by atoms with E-state index in [9.17, 15) is 25.9 Å². The number of aryl methyl sites for hydroxylation is 1. The maximum atomic E-state index is 11.5. The SMILES string of the molecule is CCCCCCCCCCCCCC(=S)Cc1nc2ccc(S(=O)(=O)O)cc2n1CCS(=O)(=O)O. The van der Waals surface area contributed by atoms with Crippen LogP contribution >= 0.6 is 12.2 Å². The zero-order valence-electron chi connectivity index (χ0n) is 20.5. The normalized spacial score (nSPS) is 12.4. The van der Waals surface area contributed by atoms with Crippen molar-refractivity contribution < 1.29 is 25.9 Å². The van der Waals surface area contributed by atoms with E-state index in [2.05, 4.69) is 11.9 Å². The Labute approximate surface area is 215 Å². The van der Waals surface area contributed by atoms with Crippen LogP contribution in [0, 0.1) is 0 Å². The summed E-state index contributed by atoms with van der Waals surface area (Å²) in [6, 6.07) is 3.95. The highest BCUT2D eigenvalue weighted by atomic mass is 32.2. The Hall–Kier alpha value is -1.40. The van der Waals surface area contributed by atoms with Crippen molar-refractivity contribution in [1.29, 1.82) is 0 Å². The van der Waals surface area contributed by atoms with E-state index in [1.807, 2.05) is 0 Å². The lowest BCUT2D eigenvalue weighted by molar-refractivity contribution is 0.477. The minimum absolute atomic E-state index is 0.110. The van der Waals surface area contributed by atoms with Crippen LogP contribution in [0.15, 0.2) is 23.1 Å². The van der Waals surface area contributed by atoms with Crippen molar-refractivity contribution in [2.45, 2.75) is 102 Å². The molecule has 0 fully saturated rings. The van der Waals surface area contributed by atoms with Gasteiger partial charge in [-0.15, -0.1) is 0 Å². The molecule has 0 saturated heterocycles. The Balaban J connectivity index is 1.90. The Morgan fingerprint density at radius 1 is 0.914 bits per heavy atom. The number of nitrogens with zero attached hydrogens (tertiary/aromatic N) is 2. The number of hydrogen-bond donors (Lipinski definition) is 2. The van der Waals surface area contributed by atoms with Gasteiger partial charge in [0.25, 0.3) is 20.2 Å². The summed E-state index contributed by atoms with van der Waals surface area (Å²) in [5.74, 6) is -0.0448. The summed E-state index contributed by atoms with van der Waals surface area (Å²) in [5.41, 5.74) is 0.816. The van der Waals surface area contributed by atoms with Crippen LogP contribution in [-0.4, -0.2) is 46.1 Å². The van der Waals surface area contributed by atoms with E-state index in [0.717, 1.165) is 24.1 Å². The average Bonchev–Trinajstić information content (AvgIpc) is 3.11. The van der Waals surface area contributed by atoms with Crippen molar-refractivity contribution in [1.82, 2.24) is 9.55 Å². The topological polar surface area (TPSA) is 127 Å². The van der Waals surface area contributed by atoms with Gasteiger partial charge < -0.3 is 4.57 Å². The summed E-state index contributed by atoms with van der Waals surface area (Å²) in [6.07, 6.45) is 14.8. The highest BCUT2D eigenvalue weighted by Gasteiger charge is 2.18. The fraction of sp³-hybridized carbons (Fsp3) is 0.667. The zero-order valence-corrected chi connectivity index (χ0v) is 22.9. The first-order valence-corrected chi connectivity index (χ1v) is 15.9. The number of thiocarbonyl (C=S) groups is 1. The quantitative estimate of drug-likeness (QED) is 0.137. The number of imidazole rings is 1. The van der Waals surface area contributed by atoms with Gasteiger partial charge in [-0.2, -0.15) is 16.8 Å². The van der Waals surface area contributed by atoms with Crippen molar-refractivity contribution >= 4 is 48.4 Å². The van der Waals surface area contributed by atoms with Gasteiger partial charge in [0.1, 0.15) is 5.82 Å². The van der Waals surface area contributed by atoms with E-state index in [1.54, 1.807) is 4.57 Å². The lowest BCUT2D eigenvalue weighted by atomic mass is 10.0. The van der Waals surface area contributed by atoms with Crippen LogP contribution in [-0.2, 0) is 33.2 Å². The lowest BCUT2D eigenvalue weighted by Gasteiger charge is -2.10. The van der Waals surface area contributed by atoms with Gasteiger partial charge in [0.2, 0.25) is 0 Å². The Morgan fingerprint density at radius 3 is 2.03 bits per heavy atom. The van der Waals surface area contributed by atoms with Crippen LogP contribution in [0.5, 0.6) is 0 Å². The number of hydrogen-bond acceptors (Lipinski definition) is 6. The first-order chi connectivity index (χ1) is 16.5. The molecule has 0 aliphatic carbocycles. The standard InChI is InChI=1S/C24H38N2O6S3/c1-2-3-4-5-6-7-8-9-10-11-12-13-20(33)18-24-25-22-15-14-21(35(30,31)32)19-23(22)26(24)16-17-34(27,28)29/h14-15,19H,2-13,16-18H2,1H3,(H,27,28,29)(H,30,31,32). The summed E-state index contributed by atoms with van der Waals surface area (Å²) in [6.45, 7) is 2.12. The molecule has 2 rings (SSSR count). The van der Waals surface area contributed by atoms with E-state index < -0.39 is 26.0 Å². The molecule has 2 N–H and O–H groups in total. The zero-order chi connectivity index (χ0) is 25.9. The summed E-state index contributed by atoms with van der Waals surface area (Å²) >= 11 is 5.56. The van der Waals surface area contributed by atoms with Gasteiger partial charge in [0.05, 0.1) is 21.7 Å². The van der Waals surface area contributed by atoms with Gasteiger partial charge in [-0.25, -0.2) is 4.98 Å². The molecule has 0 radical (unpaired) electrons. The maximum absolute atomic E-state index is 11.5. The molecule has 1 heterocycles. The molecule has 1 aromatic heterocycles. The smallest absolute Gasteiger partial charge is 0.294 e. The third-order valence-corrected chi connectivity index (χ3v) is 7.98. The van der Waals surface area contributed by atoms with Crippen molar-refractivity contribution in [3.05, 3.63) is 24.0 Å². The monoisotopic (exact) mass is 546 g/mol. The third-order valence-electron chi connectivity index (χ3n) is 6.08. The van der Waals surface area contributed by atoms with Crippen LogP contribution < -0.4 is 0 Å². The van der Waals surface area contributed by atoms with Crippen molar-refractivity contribution in [3.63, 3.8) is 0 Å². The van der Waals surface area contributed by atoms with Gasteiger partial charge >= 0.3 is 0 Å². The maximum Gasteiger partial charge on any atom is 0.294 e. The highest BCUT2D eigenvalue weighted by molar-refractivity contribution is 7.86. The van der Waals surface area contributed by atoms with Gasteiger partial charge in [-0.1, -0.05) is 83.3 Å². The van der Waals surface area contributed by atoms with Crippen molar-refractivity contribution in [2.24, 2.45) is 0 Å². The minimum atomic E-state index is -4.43. The molecule has 0 atom stereocenters. The van der Waals surface area contributed by atoms with Crippen LogP contribution in [0.2, 0.25) is 0 Å². The largest absolute Gasteiger partial charge is 0.327 e. The molecule has 0 unspecified atom stereocenters. The Morgan fingerprint density at radius 2 is 1.49 bits per heavy atom. The molecule has 0 bridgehead atoms. The second-order valence-electron chi connectivity index (χ2n) is 9.09. The molecule has 11 heteroatoms. The van der Waals surface area contributed by atoms with Crippen molar-refractivity contribution in [2.75, 3.05) is 5.75 Å². The highest BCUT2D eigenvalue weighted by Crippen LogP contribution is 2.22. The number of benzene rings is 1. The molecule has 0 saturated carbocycles. The summed E-state index contributed by atoms with van der Waals surface area (Å²) in [4.78, 5) is 4.98. The van der Waals surface area contributed by atoms with Crippen LogP contribution in [0.25, 0.3) is 11.0 Å². The van der Waals surface area contributed by atoms with Crippen LogP contribution in [0.1, 0.15) is 89.8 Å². The van der Waals surface area contributed by atoms with Gasteiger partial charge in [-0.3, -0.25) is 9.11 Å². The molecule has 0 spiro atoms. The first-order valence-electron chi connectivity index (χ1n) is 12.4. The molecule has 2 aromatic rings. The molecule has 35 heavy (non-hydrogen) atoms.